The van der Waals surface area contributed by atoms with E-state index in [0.29, 0.717) is 13.0 Å². The Morgan fingerprint density at radius 1 is 1.32 bits per heavy atom. The van der Waals surface area contributed by atoms with Crippen LogP contribution in [0.3, 0.4) is 0 Å². The summed E-state index contributed by atoms with van der Waals surface area (Å²) in [5.74, 6) is -0.121. The number of nitrogens with zero attached hydrogens (tertiary/aromatic N) is 2. The maximum absolute atomic E-state index is 13.2. The van der Waals surface area contributed by atoms with E-state index in [1.165, 1.54) is 0 Å². The minimum atomic E-state index is -0.636. The molecule has 2 fully saturated rings. The van der Waals surface area contributed by atoms with Crippen molar-refractivity contribution < 1.29 is 19.2 Å². The van der Waals surface area contributed by atoms with Crippen molar-refractivity contribution in [2.24, 2.45) is 5.41 Å². The van der Waals surface area contributed by atoms with Crippen LogP contribution in [0.5, 0.6) is 0 Å². The molecule has 7 nitrogen and oxygen atoms in total. The molecule has 1 aromatic carbocycles. The number of nitrogens with one attached hydrogen (secondary N) is 1. The van der Waals surface area contributed by atoms with Crippen LogP contribution in [0.1, 0.15) is 74.7 Å². The zero-order valence-electron chi connectivity index (χ0n) is 20.3. The molecule has 2 aromatic rings. The molecule has 1 saturated carbocycles. The summed E-state index contributed by atoms with van der Waals surface area (Å²) < 4.78 is 5.65. The SMILES string of the molecule is CCCC[C@H](NC(=O)OCC1(Cc2nc(C)cs2)CCC1)C(=O)C1ON1[C@H](C)c1ccccc1. The van der Waals surface area contributed by atoms with Crippen molar-refractivity contribution in [3.63, 3.8) is 0 Å². The van der Waals surface area contributed by atoms with Crippen LogP contribution in [0, 0.1) is 12.3 Å². The lowest BCUT2D eigenvalue weighted by Crippen LogP contribution is -2.45. The van der Waals surface area contributed by atoms with Gasteiger partial charge in [-0.1, -0.05) is 56.5 Å². The fourth-order valence-electron chi connectivity index (χ4n) is 4.56. The van der Waals surface area contributed by atoms with E-state index in [2.05, 4.69) is 22.6 Å². The standard InChI is InChI=1S/C26H35N3O4S/c1-4-5-12-21(23(30)24-29(33-24)19(3)20-10-7-6-8-11-20)28-25(31)32-17-26(13-9-14-26)15-22-27-18(2)16-34-22/h6-8,10-11,16,19,21,24H,4-5,9,12-15,17H2,1-3H3,(H,28,31)/t19-,21+,24?,29?/m1/s1. The van der Waals surface area contributed by atoms with E-state index >= 15 is 0 Å². The summed E-state index contributed by atoms with van der Waals surface area (Å²) in [5.41, 5.74) is 2.08. The number of unbranched alkanes of at least 4 members (excludes halogenated alkanes) is 1. The molecule has 2 aliphatic rings. The predicted molar refractivity (Wildman–Crippen MR) is 131 cm³/mol. The van der Waals surface area contributed by atoms with Gasteiger partial charge in [-0.25, -0.2) is 9.78 Å². The second kappa shape index (κ2) is 11.0. The molecule has 4 atom stereocenters. The summed E-state index contributed by atoms with van der Waals surface area (Å²) in [7, 11) is 0. The molecule has 2 heterocycles. The van der Waals surface area contributed by atoms with E-state index in [9.17, 15) is 9.59 Å². The first kappa shape index (κ1) is 24.8. The van der Waals surface area contributed by atoms with Gasteiger partial charge < -0.3 is 10.1 Å². The zero-order chi connectivity index (χ0) is 24.1. The first-order valence-electron chi connectivity index (χ1n) is 12.3. The van der Waals surface area contributed by atoms with E-state index in [4.69, 9.17) is 9.57 Å². The Balaban J connectivity index is 1.31. The number of alkyl carbamates (subject to hydrolysis) is 1. The molecule has 4 rings (SSSR count). The van der Waals surface area contributed by atoms with Gasteiger partial charge in [0.25, 0.3) is 0 Å². The molecule has 2 unspecified atom stereocenters. The number of aromatic nitrogens is 1. The molecule has 1 N–H and O–H groups in total. The molecule has 0 bridgehead atoms. The molecular weight excluding hydrogens is 450 g/mol. The van der Waals surface area contributed by atoms with Gasteiger partial charge in [-0.05, 0) is 38.7 Å². The minimum Gasteiger partial charge on any atom is -0.449 e. The van der Waals surface area contributed by atoms with Gasteiger partial charge in [0, 0.05) is 22.9 Å². The Kier molecular flexibility index (Phi) is 8.01. The number of ketones is 1. The molecule has 0 spiro atoms. The number of hydroxylamine groups is 2. The van der Waals surface area contributed by atoms with E-state index in [-0.39, 0.29) is 17.2 Å². The lowest BCUT2D eigenvalue weighted by Gasteiger charge is -2.40. The first-order chi connectivity index (χ1) is 16.4. The van der Waals surface area contributed by atoms with Crippen molar-refractivity contribution in [1.82, 2.24) is 15.4 Å². The maximum atomic E-state index is 13.2. The normalized spacial score (nSPS) is 22.3. The monoisotopic (exact) mass is 485 g/mol. The zero-order valence-corrected chi connectivity index (χ0v) is 21.1. The number of Topliss-reactive ketones (excluding diaryl/α,β-unsaturated/α-hetero) is 1. The summed E-state index contributed by atoms with van der Waals surface area (Å²) in [5, 5.41) is 7.68. The van der Waals surface area contributed by atoms with Crippen LogP contribution in [-0.4, -0.2) is 40.8 Å². The number of carbonyl (C=O) groups is 2. The van der Waals surface area contributed by atoms with Crippen LogP contribution in [0.4, 0.5) is 4.79 Å². The highest BCUT2D eigenvalue weighted by Gasteiger charge is 2.49. The Hall–Kier alpha value is -2.29. The summed E-state index contributed by atoms with van der Waals surface area (Å²) in [6, 6.07) is 9.27. The van der Waals surface area contributed by atoms with Crippen LogP contribution in [0.2, 0.25) is 0 Å². The summed E-state index contributed by atoms with van der Waals surface area (Å²) >= 11 is 1.66. The highest BCUT2D eigenvalue weighted by molar-refractivity contribution is 7.09. The van der Waals surface area contributed by atoms with Crippen LogP contribution < -0.4 is 5.32 Å². The topological polar surface area (TPSA) is 83.8 Å². The van der Waals surface area contributed by atoms with Crippen LogP contribution in [0.15, 0.2) is 35.7 Å². The molecule has 184 valence electrons. The number of benzene rings is 1. The Labute approximate surface area is 205 Å². The highest BCUT2D eigenvalue weighted by atomic mass is 32.1. The molecule has 34 heavy (non-hydrogen) atoms. The highest BCUT2D eigenvalue weighted by Crippen LogP contribution is 2.44. The lowest BCUT2D eigenvalue weighted by atomic mass is 9.67. The Bertz CT molecular complexity index is 975. The Morgan fingerprint density at radius 3 is 2.71 bits per heavy atom. The third kappa shape index (κ3) is 6.03. The van der Waals surface area contributed by atoms with Crippen molar-refractivity contribution in [2.75, 3.05) is 6.61 Å². The van der Waals surface area contributed by atoms with Gasteiger partial charge in [0.1, 0.15) is 0 Å². The first-order valence-corrected chi connectivity index (χ1v) is 13.2. The third-order valence-electron chi connectivity index (χ3n) is 6.91. The van der Waals surface area contributed by atoms with E-state index in [1.54, 1.807) is 16.4 Å². The van der Waals surface area contributed by atoms with Gasteiger partial charge >= 0.3 is 6.09 Å². The number of thiazole rings is 1. The summed E-state index contributed by atoms with van der Waals surface area (Å²) in [6.07, 6.45) is 5.21. The predicted octanol–water partition coefficient (Wildman–Crippen LogP) is 5.35. The van der Waals surface area contributed by atoms with Gasteiger partial charge in [-0.2, -0.15) is 0 Å². The van der Waals surface area contributed by atoms with Crippen molar-refractivity contribution >= 4 is 23.2 Å². The number of ether oxygens (including phenoxy) is 1. The van der Waals surface area contributed by atoms with Crippen LogP contribution in [-0.2, 0) is 20.8 Å². The number of carbonyl (C=O) groups excluding carboxylic acids is 2. The van der Waals surface area contributed by atoms with Gasteiger partial charge in [-0.15, -0.1) is 16.4 Å². The minimum absolute atomic E-state index is 0.0356. The molecule has 1 amide bonds. The second-order valence-corrected chi connectivity index (χ2v) is 10.6. The van der Waals surface area contributed by atoms with Crippen LogP contribution >= 0.6 is 11.3 Å². The molecule has 1 aromatic heterocycles. The number of aryl methyl sites for hydroxylation is 1. The number of hydrogen-bond acceptors (Lipinski definition) is 7. The molecule has 1 aliphatic carbocycles. The van der Waals surface area contributed by atoms with E-state index < -0.39 is 18.4 Å². The fraction of sp³-hybridized carbons (Fsp3) is 0.577. The van der Waals surface area contributed by atoms with Crippen molar-refractivity contribution in [3.8, 4) is 0 Å². The van der Waals surface area contributed by atoms with Gasteiger partial charge in [-0.3, -0.25) is 9.63 Å². The van der Waals surface area contributed by atoms with E-state index in [1.807, 2.05) is 44.2 Å². The van der Waals surface area contributed by atoms with E-state index in [0.717, 1.165) is 54.8 Å². The van der Waals surface area contributed by atoms with Crippen LogP contribution in [0.25, 0.3) is 0 Å². The molecule has 1 aliphatic heterocycles. The molecule has 0 radical (unpaired) electrons. The van der Waals surface area contributed by atoms with Gasteiger partial charge in [0.05, 0.1) is 23.7 Å². The molecule has 1 saturated heterocycles. The fourth-order valence-corrected chi connectivity index (χ4v) is 5.51. The van der Waals surface area contributed by atoms with Crippen molar-refractivity contribution in [1.29, 1.82) is 0 Å². The smallest absolute Gasteiger partial charge is 0.407 e. The maximum Gasteiger partial charge on any atom is 0.407 e. The molecular formula is C26H35N3O4S. The van der Waals surface area contributed by atoms with Gasteiger partial charge in [0.15, 0.2) is 0 Å². The summed E-state index contributed by atoms with van der Waals surface area (Å²) in [4.78, 5) is 36.1. The second-order valence-electron chi connectivity index (χ2n) is 9.63. The van der Waals surface area contributed by atoms with Crippen molar-refractivity contribution in [2.45, 2.75) is 84.0 Å². The average Bonchev–Trinajstić information content (AvgIpc) is 3.52. The average molecular weight is 486 g/mol. The molecule has 8 heteroatoms. The van der Waals surface area contributed by atoms with Gasteiger partial charge in [0.2, 0.25) is 12.0 Å². The third-order valence-corrected chi connectivity index (χ3v) is 7.88. The quantitative estimate of drug-likeness (QED) is 0.408. The Morgan fingerprint density at radius 2 is 2.09 bits per heavy atom. The number of hydrogen-bond donors (Lipinski definition) is 1. The number of rotatable bonds is 12. The largest absolute Gasteiger partial charge is 0.449 e. The summed E-state index contributed by atoms with van der Waals surface area (Å²) in [6.45, 7) is 6.42. The lowest BCUT2D eigenvalue weighted by molar-refractivity contribution is -0.122. The number of amides is 1. The van der Waals surface area contributed by atoms with Crippen molar-refractivity contribution in [3.05, 3.63) is 52.0 Å².